The lowest BCUT2D eigenvalue weighted by molar-refractivity contribution is -0.121. The van der Waals surface area contributed by atoms with Gasteiger partial charge in [0, 0.05) is 32.0 Å². The van der Waals surface area contributed by atoms with E-state index < -0.39 is 0 Å². The van der Waals surface area contributed by atoms with Gasteiger partial charge in [0.05, 0.1) is 5.69 Å². The van der Waals surface area contributed by atoms with Crippen LogP contribution >= 0.6 is 0 Å². The lowest BCUT2D eigenvalue weighted by Crippen LogP contribution is -2.39. The fraction of sp³-hybridized carbons (Fsp3) is 0.684. The molecule has 2 aromatic rings. The number of rotatable bonds is 5. The predicted molar refractivity (Wildman–Crippen MR) is 99.0 cm³/mol. The number of piperidine rings is 1. The van der Waals surface area contributed by atoms with Gasteiger partial charge in [0.15, 0.2) is 0 Å². The third-order valence-electron chi connectivity index (χ3n) is 5.22. The summed E-state index contributed by atoms with van der Waals surface area (Å²) in [6, 6.07) is 0.384. The molecule has 4 rings (SSSR count). The molecular formula is C19H27N5O2. The molecule has 2 aromatic heterocycles. The summed E-state index contributed by atoms with van der Waals surface area (Å²) in [7, 11) is 0. The monoisotopic (exact) mass is 357 g/mol. The van der Waals surface area contributed by atoms with Crippen LogP contribution in [0.3, 0.4) is 0 Å². The first-order valence-corrected chi connectivity index (χ1v) is 9.66. The Morgan fingerprint density at radius 2 is 1.96 bits per heavy atom. The van der Waals surface area contributed by atoms with Crippen molar-refractivity contribution in [3.8, 4) is 0 Å². The fourth-order valence-corrected chi connectivity index (χ4v) is 3.94. The summed E-state index contributed by atoms with van der Waals surface area (Å²) < 4.78 is 5.43. The van der Waals surface area contributed by atoms with Gasteiger partial charge in [-0.1, -0.05) is 19.0 Å². The van der Waals surface area contributed by atoms with Crippen molar-refractivity contribution < 1.29 is 9.32 Å². The van der Waals surface area contributed by atoms with Crippen molar-refractivity contribution in [1.29, 1.82) is 0 Å². The summed E-state index contributed by atoms with van der Waals surface area (Å²) in [5.41, 5.74) is 1.34. The van der Waals surface area contributed by atoms with Crippen molar-refractivity contribution in [3.05, 3.63) is 11.5 Å². The minimum absolute atomic E-state index is 0.0757. The second-order valence-corrected chi connectivity index (χ2v) is 8.10. The Kier molecular flexibility index (Phi) is 4.54. The molecule has 140 valence electrons. The van der Waals surface area contributed by atoms with E-state index in [2.05, 4.69) is 34.2 Å². The standard InChI is InChI=1S/C19H27N5O2/c1-11-8-12(2)10-24(9-11)18-17-13(3)23-26-19(17)22-15(21-18)6-7-16(25)20-14-4-5-14/h11-12,14H,4-10H2,1-3H3,(H,20,25)/t11-,12-/m1/s1. The third-order valence-corrected chi connectivity index (χ3v) is 5.22. The summed E-state index contributed by atoms with van der Waals surface area (Å²) in [6.07, 6.45) is 4.35. The maximum Gasteiger partial charge on any atom is 0.263 e. The van der Waals surface area contributed by atoms with Crippen molar-refractivity contribution >= 4 is 22.8 Å². The van der Waals surface area contributed by atoms with Gasteiger partial charge in [-0.25, -0.2) is 4.98 Å². The van der Waals surface area contributed by atoms with Gasteiger partial charge in [-0.15, -0.1) is 0 Å². The van der Waals surface area contributed by atoms with Gasteiger partial charge >= 0.3 is 0 Å². The zero-order chi connectivity index (χ0) is 18.3. The Hall–Kier alpha value is -2.18. The smallest absolute Gasteiger partial charge is 0.263 e. The van der Waals surface area contributed by atoms with Gasteiger partial charge in [0.1, 0.15) is 17.0 Å². The van der Waals surface area contributed by atoms with Crippen LogP contribution in [-0.4, -0.2) is 40.2 Å². The second-order valence-electron chi connectivity index (χ2n) is 8.10. The van der Waals surface area contributed by atoms with Crippen LogP contribution in [0.15, 0.2) is 4.52 Å². The highest BCUT2D eigenvalue weighted by molar-refractivity contribution is 5.88. The number of fused-ring (bicyclic) bond motifs is 1. The first kappa shape index (κ1) is 17.2. The van der Waals surface area contributed by atoms with Crippen molar-refractivity contribution in [2.24, 2.45) is 11.8 Å². The van der Waals surface area contributed by atoms with Gasteiger partial charge in [0.25, 0.3) is 5.71 Å². The number of anilines is 1. The molecule has 0 unspecified atom stereocenters. The number of hydrogen-bond donors (Lipinski definition) is 1. The highest BCUT2D eigenvalue weighted by atomic mass is 16.5. The normalized spacial score (nSPS) is 23.4. The van der Waals surface area contributed by atoms with Crippen LogP contribution in [0.2, 0.25) is 0 Å². The van der Waals surface area contributed by atoms with E-state index >= 15 is 0 Å². The highest BCUT2D eigenvalue weighted by Crippen LogP contribution is 2.32. The summed E-state index contributed by atoms with van der Waals surface area (Å²) >= 11 is 0. The number of carbonyl (C=O) groups is 1. The van der Waals surface area contributed by atoms with E-state index in [1.165, 1.54) is 6.42 Å². The van der Waals surface area contributed by atoms with Crippen LogP contribution in [0.4, 0.5) is 5.82 Å². The molecule has 1 amide bonds. The van der Waals surface area contributed by atoms with E-state index in [0.29, 0.717) is 42.3 Å². The molecule has 1 aliphatic carbocycles. The molecule has 2 aliphatic rings. The molecule has 7 nitrogen and oxygen atoms in total. The molecule has 2 fully saturated rings. The van der Waals surface area contributed by atoms with Crippen LogP contribution in [0.25, 0.3) is 11.1 Å². The molecule has 1 saturated heterocycles. The Labute approximate surface area is 153 Å². The van der Waals surface area contributed by atoms with Gasteiger partial charge in [-0.3, -0.25) is 4.79 Å². The number of amides is 1. The average molecular weight is 357 g/mol. The SMILES string of the molecule is Cc1noc2nc(CCC(=O)NC3CC3)nc(N3C[C@H](C)C[C@@H](C)C3)c12. The highest BCUT2D eigenvalue weighted by Gasteiger charge is 2.27. The number of nitrogens with one attached hydrogen (secondary N) is 1. The zero-order valence-corrected chi connectivity index (χ0v) is 15.8. The van der Waals surface area contributed by atoms with Crippen LogP contribution in [0.5, 0.6) is 0 Å². The fourth-order valence-electron chi connectivity index (χ4n) is 3.94. The quantitative estimate of drug-likeness (QED) is 0.885. The summed E-state index contributed by atoms with van der Waals surface area (Å²) in [4.78, 5) is 23.7. The first-order valence-electron chi connectivity index (χ1n) is 9.66. The van der Waals surface area contributed by atoms with Crippen molar-refractivity contribution in [3.63, 3.8) is 0 Å². The van der Waals surface area contributed by atoms with Gasteiger partial charge < -0.3 is 14.7 Å². The second kappa shape index (κ2) is 6.85. The molecule has 1 aliphatic heterocycles. The van der Waals surface area contributed by atoms with E-state index in [4.69, 9.17) is 9.51 Å². The van der Waals surface area contributed by atoms with Crippen molar-refractivity contribution in [1.82, 2.24) is 20.4 Å². The summed E-state index contributed by atoms with van der Waals surface area (Å²) in [5, 5.41) is 8.00. The molecular weight excluding hydrogens is 330 g/mol. The van der Waals surface area contributed by atoms with E-state index in [9.17, 15) is 4.79 Å². The number of carbonyl (C=O) groups excluding carboxylic acids is 1. The minimum atomic E-state index is 0.0757. The third kappa shape index (κ3) is 3.66. The van der Waals surface area contributed by atoms with Crippen molar-refractivity contribution in [2.45, 2.75) is 58.9 Å². The molecule has 3 heterocycles. The zero-order valence-electron chi connectivity index (χ0n) is 15.8. The van der Waals surface area contributed by atoms with Crippen LogP contribution < -0.4 is 10.2 Å². The van der Waals surface area contributed by atoms with Crippen LogP contribution in [0, 0.1) is 18.8 Å². The van der Waals surface area contributed by atoms with Crippen LogP contribution in [0.1, 0.15) is 51.0 Å². The van der Waals surface area contributed by atoms with Gasteiger partial charge in [-0.05, 0) is 38.0 Å². The van der Waals surface area contributed by atoms with E-state index in [-0.39, 0.29) is 5.91 Å². The summed E-state index contributed by atoms with van der Waals surface area (Å²) in [6.45, 7) is 8.44. The van der Waals surface area contributed by atoms with Gasteiger partial charge in [0.2, 0.25) is 5.91 Å². The predicted octanol–water partition coefficient (Wildman–Crippen LogP) is 2.62. The van der Waals surface area contributed by atoms with Crippen LogP contribution in [-0.2, 0) is 11.2 Å². The molecule has 0 bridgehead atoms. The molecule has 0 aromatic carbocycles. The molecule has 2 atom stereocenters. The van der Waals surface area contributed by atoms with Crippen molar-refractivity contribution in [2.75, 3.05) is 18.0 Å². The number of hydrogen-bond acceptors (Lipinski definition) is 6. The Balaban J connectivity index is 1.59. The van der Waals surface area contributed by atoms with E-state index in [0.717, 1.165) is 42.8 Å². The number of aryl methyl sites for hydroxylation is 2. The minimum Gasteiger partial charge on any atom is -0.355 e. The Bertz CT molecular complexity index is 804. The molecule has 7 heteroatoms. The Morgan fingerprint density at radius 3 is 2.65 bits per heavy atom. The maximum atomic E-state index is 12.0. The molecule has 26 heavy (non-hydrogen) atoms. The topological polar surface area (TPSA) is 84.1 Å². The van der Waals surface area contributed by atoms with E-state index in [1.54, 1.807) is 0 Å². The largest absolute Gasteiger partial charge is 0.355 e. The van der Waals surface area contributed by atoms with E-state index in [1.807, 2.05) is 6.92 Å². The first-order chi connectivity index (χ1) is 12.5. The molecule has 0 radical (unpaired) electrons. The Morgan fingerprint density at radius 1 is 1.23 bits per heavy atom. The molecule has 1 saturated carbocycles. The summed E-state index contributed by atoms with van der Waals surface area (Å²) in [5.74, 6) is 2.88. The molecule has 1 N–H and O–H groups in total. The number of aromatic nitrogens is 3. The molecule has 0 spiro atoms. The van der Waals surface area contributed by atoms with Gasteiger partial charge in [-0.2, -0.15) is 4.98 Å². The number of nitrogens with zero attached hydrogens (tertiary/aromatic N) is 4. The maximum absolute atomic E-state index is 12.0. The lowest BCUT2D eigenvalue weighted by Gasteiger charge is -2.36. The average Bonchev–Trinajstić information content (AvgIpc) is 3.32. The lowest BCUT2D eigenvalue weighted by atomic mass is 9.92.